The maximum Gasteiger partial charge on any atom is 0.163 e. The summed E-state index contributed by atoms with van der Waals surface area (Å²) in [5.41, 5.74) is 6.42. The highest BCUT2D eigenvalue weighted by molar-refractivity contribution is 7.10. The Kier molecular flexibility index (Phi) is 5.71. The van der Waals surface area contributed by atoms with E-state index in [2.05, 4.69) is 6.92 Å². The van der Waals surface area contributed by atoms with E-state index < -0.39 is 0 Å². The van der Waals surface area contributed by atoms with Crippen LogP contribution < -0.4 is 5.73 Å². The normalized spacial score (nSPS) is 12.7. The number of hydrogen-bond acceptors (Lipinski definition) is 3. The third kappa shape index (κ3) is 4.06. The van der Waals surface area contributed by atoms with Crippen LogP contribution in [-0.2, 0) is 0 Å². The van der Waals surface area contributed by atoms with Crippen molar-refractivity contribution < 1.29 is 4.79 Å². The maximum absolute atomic E-state index is 11.9. The predicted molar refractivity (Wildman–Crippen MR) is 70.1 cm³/mol. The average Bonchev–Trinajstić information content (AvgIpc) is 2.70. The number of hydrogen-bond donors (Lipinski definition) is 1. The highest BCUT2D eigenvalue weighted by Crippen LogP contribution is 2.19. The molecular formula is C13H21NOS. The SMILES string of the molecule is CCC(CCN)CCC(=O)c1csc(C)c1. The summed E-state index contributed by atoms with van der Waals surface area (Å²) < 4.78 is 0. The second kappa shape index (κ2) is 6.81. The number of rotatable bonds is 7. The monoisotopic (exact) mass is 239 g/mol. The summed E-state index contributed by atoms with van der Waals surface area (Å²) in [7, 11) is 0. The molecule has 3 heteroatoms. The van der Waals surface area contributed by atoms with Gasteiger partial charge in [0.1, 0.15) is 0 Å². The van der Waals surface area contributed by atoms with Gasteiger partial charge in [-0.3, -0.25) is 4.79 Å². The van der Waals surface area contributed by atoms with Gasteiger partial charge in [0.25, 0.3) is 0 Å². The van der Waals surface area contributed by atoms with Gasteiger partial charge < -0.3 is 5.73 Å². The quantitative estimate of drug-likeness (QED) is 0.741. The smallest absolute Gasteiger partial charge is 0.163 e. The van der Waals surface area contributed by atoms with Crippen molar-refractivity contribution in [3.05, 3.63) is 21.9 Å². The predicted octanol–water partition coefficient (Wildman–Crippen LogP) is 3.39. The molecule has 16 heavy (non-hydrogen) atoms. The van der Waals surface area contributed by atoms with Gasteiger partial charge in [-0.25, -0.2) is 0 Å². The van der Waals surface area contributed by atoms with Crippen LogP contribution in [-0.4, -0.2) is 12.3 Å². The molecule has 1 heterocycles. The zero-order chi connectivity index (χ0) is 12.0. The van der Waals surface area contributed by atoms with E-state index in [4.69, 9.17) is 5.73 Å². The molecule has 0 amide bonds. The van der Waals surface area contributed by atoms with Crippen molar-refractivity contribution in [2.24, 2.45) is 11.7 Å². The van der Waals surface area contributed by atoms with Crippen molar-refractivity contribution in [1.82, 2.24) is 0 Å². The van der Waals surface area contributed by atoms with Gasteiger partial charge >= 0.3 is 0 Å². The standard InChI is InChI=1S/C13H21NOS/c1-3-11(6-7-14)4-5-13(15)12-8-10(2)16-9-12/h8-9,11H,3-7,14H2,1-2H3. The topological polar surface area (TPSA) is 43.1 Å². The second-order valence-corrected chi connectivity index (χ2v) is 5.37. The molecule has 0 fully saturated rings. The van der Waals surface area contributed by atoms with Crippen LogP contribution in [0.3, 0.4) is 0 Å². The first kappa shape index (κ1) is 13.4. The summed E-state index contributed by atoms with van der Waals surface area (Å²) in [5, 5.41) is 1.96. The van der Waals surface area contributed by atoms with E-state index in [9.17, 15) is 4.79 Å². The fraction of sp³-hybridized carbons (Fsp3) is 0.615. The lowest BCUT2D eigenvalue weighted by molar-refractivity contribution is 0.0973. The molecule has 1 aromatic heterocycles. The minimum absolute atomic E-state index is 0.278. The van der Waals surface area contributed by atoms with E-state index in [1.54, 1.807) is 11.3 Å². The molecule has 0 aliphatic rings. The van der Waals surface area contributed by atoms with Crippen LogP contribution in [0.25, 0.3) is 0 Å². The summed E-state index contributed by atoms with van der Waals surface area (Å²) in [4.78, 5) is 13.1. The Morgan fingerprint density at radius 3 is 2.75 bits per heavy atom. The lowest BCUT2D eigenvalue weighted by atomic mass is 9.94. The van der Waals surface area contributed by atoms with Gasteiger partial charge in [0.15, 0.2) is 5.78 Å². The molecule has 0 radical (unpaired) electrons. The van der Waals surface area contributed by atoms with Crippen molar-refractivity contribution in [2.75, 3.05) is 6.54 Å². The molecule has 0 saturated carbocycles. The molecule has 0 aliphatic carbocycles. The fourth-order valence-electron chi connectivity index (χ4n) is 1.86. The van der Waals surface area contributed by atoms with Crippen LogP contribution >= 0.6 is 11.3 Å². The van der Waals surface area contributed by atoms with Crippen molar-refractivity contribution in [3.8, 4) is 0 Å². The van der Waals surface area contributed by atoms with E-state index in [0.717, 1.165) is 31.4 Å². The lowest BCUT2D eigenvalue weighted by Crippen LogP contribution is -2.10. The molecule has 0 spiro atoms. The van der Waals surface area contributed by atoms with Crippen molar-refractivity contribution in [1.29, 1.82) is 0 Å². The van der Waals surface area contributed by atoms with E-state index in [-0.39, 0.29) is 5.78 Å². The van der Waals surface area contributed by atoms with Gasteiger partial charge in [-0.2, -0.15) is 0 Å². The number of nitrogens with two attached hydrogens (primary N) is 1. The van der Waals surface area contributed by atoms with E-state index in [0.29, 0.717) is 12.3 Å². The summed E-state index contributed by atoms with van der Waals surface area (Å²) in [6, 6.07) is 1.98. The zero-order valence-electron chi connectivity index (χ0n) is 10.2. The van der Waals surface area contributed by atoms with Crippen molar-refractivity contribution >= 4 is 17.1 Å². The van der Waals surface area contributed by atoms with Gasteiger partial charge in [-0.05, 0) is 38.3 Å². The Hall–Kier alpha value is -0.670. The Balaban J connectivity index is 2.40. The molecular weight excluding hydrogens is 218 g/mol. The number of aryl methyl sites for hydroxylation is 1. The molecule has 1 unspecified atom stereocenters. The van der Waals surface area contributed by atoms with E-state index >= 15 is 0 Å². The molecule has 90 valence electrons. The molecule has 1 rings (SSSR count). The highest BCUT2D eigenvalue weighted by atomic mass is 32.1. The third-order valence-electron chi connectivity index (χ3n) is 2.98. The van der Waals surface area contributed by atoms with Gasteiger partial charge in [-0.1, -0.05) is 13.3 Å². The van der Waals surface area contributed by atoms with Crippen LogP contribution in [0.1, 0.15) is 47.8 Å². The minimum Gasteiger partial charge on any atom is -0.330 e. The van der Waals surface area contributed by atoms with E-state index in [1.165, 1.54) is 4.88 Å². The van der Waals surface area contributed by atoms with Gasteiger partial charge in [0.05, 0.1) is 0 Å². The zero-order valence-corrected chi connectivity index (χ0v) is 11.0. The van der Waals surface area contributed by atoms with Crippen LogP contribution in [0.2, 0.25) is 0 Å². The first-order valence-electron chi connectivity index (χ1n) is 5.95. The van der Waals surface area contributed by atoms with Crippen LogP contribution in [0.15, 0.2) is 11.4 Å². The Bertz CT molecular complexity index is 332. The van der Waals surface area contributed by atoms with Gasteiger partial charge in [-0.15, -0.1) is 11.3 Å². The number of thiophene rings is 1. The first-order valence-corrected chi connectivity index (χ1v) is 6.83. The molecule has 2 N–H and O–H groups in total. The largest absolute Gasteiger partial charge is 0.330 e. The van der Waals surface area contributed by atoms with E-state index in [1.807, 2.05) is 18.4 Å². The van der Waals surface area contributed by atoms with Crippen LogP contribution in [0.5, 0.6) is 0 Å². The number of ketones is 1. The number of Topliss-reactive ketones (excluding diaryl/α,β-unsaturated/α-hetero) is 1. The summed E-state index contributed by atoms with van der Waals surface area (Å²) in [5.74, 6) is 0.883. The Morgan fingerprint density at radius 1 is 1.50 bits per heavy atom. The van der Waals surface area contributed by atoms with Gasteiger partial charge in [0.2, 0.25) is 0 Å². The van der Waals surface area contributed by atoms with Crippen molar-refractivity contribution in [2.45, 2.75) is 39.5 Å². The molecule has 0 aromatic carbocycles. The Labute approximate surface area is 102 Å². The fourth-order valence-corrected chi connectivity index (χ4v) is 2.56. The van der Waals surface area contributed by atoms with Gasteiger partial charge in [0, 0.05) is 22.2 Å². The molecule has 2 nitrogen and oxygen atoms in total. The van der Waals surface area contributed by atoms with Crippen molar-refractivity contribution in [3.63, 3.8) is 0 Å². The summed E-state index contributed by atoms with van der Waals surface area (Å²) in [6.07, 6.45) is 3.79. The second-order valence-electron chi connectivity index (χ2n) is 4.26. The summed E-state index contributed by atoms with van der Waals surface area (Å²) in [6.45, 7) is 4.93. The molecule has 1 atom stereocenters. The first-order chi connectivity index (χ1) is 7.67. The number of carbonyl (C=O) groups excluding carboxylic acids is 1. The molecule has 1 aromatic rings. The minimum atomic E-state index is 0.278. The summed E-state index contributed by atoms with van der Waals surface area (Å²) >= 11 is 1.64. The number of carbonyl (C=O) groups is 1. The van der Waals surface area contributed by atoms with Crippen LogP contribution in [0.4, 0.5) is 0 Å². The average molecular weight is 239 g/mol. The molecule has 0 bridgehead atoms. The Morgan fingerprint density at radius 2 is 2.25 bits per heavy atom. The highest BCUT2D eigenvalue weighted by Gasteiger charge is 2.11. The third-order valence-corrected chi connectivity index (χ3v) is 3.85. The lowest BCUT2D eigenvalue weighted by Gasteiger charge is -2.12. The molecule has 0 aliphatic heterocycles. The maximum atomic E-state index is 11.9. The van der Waals surface area contributed by atoms with Crippen LogP contribution in [0, 0.1) is 12.8 Å². The molecule has 0 saturated heterocycles.